The zero-order valence-electron chi connectivity index (χ0n) is 38.8. The van der Waals surface area contributed by atoms with Crippen molar-refractivity contribution in [1.82, 2.24) is 19.2 Å². The summed E-state index contributed by atoms with van der Waals surface area (Å²) in [5.41, 5.74) is 5.15. The Hall–Kier alpha value is -3.14. The normalized spacial score (nSPS) is 27.4. The van der Waals surface area contributed by atoms with Crippen molar-refractivity contribution in [3.05, 3.63) is 69.3 Å². The van der Waals surface area contributed by atoms with Crippen LogP contribution >= 0.6 is 0 Å². The number of amides is 2. The lowest BCUT2D eigenvalue weighted by atomic mass is 9.82. The summed E-state index contributed by atoms with van der Waals surface area (Å²) in [6, 6.07) is 6.63. The molecule has 0 bridgehead atoms. The average molecular weight is 909 g/mol. The van der Waals surface area contributed by atoms with Crippen molar-refractivity contribution in [2.45, 2.75) is 141 Å². The summed E-state index contributed by atoms with van der Waals surface area (Å²) in [5, 5.41) is 6.32. The van der Waals surface area contributed by atoms with Crippen LogP contribution in [-0.4, -0.2) is 102 Å². The lowest BCUT2D eigenvalue weighted by Crippen LogP contribution is -2.46. The third-order valence-corrected chi connectivity index (χ3v) is 19.3. The molecule has 2 aromatic carbocycles. The number of sulfonamides is 2. The van der Waals surface area contributed by atoms with E-state index in [4.69, 9.17) is 9.47 Å². The monoisotopic (exact) mass is 908 g/mol. The van der Waals surface area contributed by atoms with E-state index in [0.29, 0.717) is 85.4 Å². The Kier molecular flexibility index (Phi) is 15.0. The summed E-state index contributed by atoms with van der Waals surface area (Å²) in [4.78, 5) is 27.5. The highest BCUT2D eigenvalue weighted by Crippen LogP contribution is 2.67. The summed E-state index contributed by atoms with van der Waals surface area (Å²) < 4.78 is 70.5. The van der Waals surface area contributed by atoms with E-state index in [2.05, 4.69) is 30.6 Å². The van der Waals surface area contributed by atoms with Gasteiger partial charge in [0.15, 0.2) is 0 Å². The van der Waals surface area contributed by atoms with Gasteiger partial charge in [0.05, 0.1) is 35.7 Å². The molecule has 5 fully saturated rings. The van der Waals surface area contributed by atoms with E-state index < -0.39 is 20.0 Å². The molecule has 0 aromatic heterocycles. The molecule has 2 saturated heterocycles. The number of hydrogen-bond donors (Lipinski definition) is 2. The Labute approximate surface area is 377 Å². The molecule has 2 heterocycles. The van der Waals surface area contributed by atoms with Gasteiger partial charge in [0.25, 0.3) is 11.8 Å². The Morgan fingerprint density at radius 1 is 0.873 bits per heavy atom. The van der Waals surface area contributed by atoms with Gasteiger partial charge < -0.3 is 20.1 Å². The van der Waals surface area contributed by atoms with Gasteiger partial charge in [-0.25, -0.2) is 16.8 Å². The maximum Gasteiger partial charge on any atom is 0.251 e. The van der Waals surface area contributed by atoms with Crippen LogP contribution in [0.25, 0.3) is 0 Å². The highest BCUT2D eigenvalue weighted by atomic mass is 32.2. The van der Waals surface area contributed by atoms with Gasteiger partial charge in [0.1, 0.15) is 0 Å². The number of nitrogens with zero attached hydrogens (tertiary/aromatic N) is 2. The average Bonchev–Trinajstić information content (AvgIpc) is 3.85. The van der Waals surface area contributed by atoms with E-state index in [1.807, 2.05) is 27.7 Å². The van der Waals surface area contributed by atoms with Gasteiger partial charge in [0, 0.05) is 49.9 Å². The molecule has 2 aliphatic heterocycles. The van der Waals surface area contributed by atoms with Gasteiger partial charge in [0.2, 0.25) is 20.0 Å². The van der Waals surface area contributed by atoms with Gasteiger partial charge in [-0.1, -0.05) is 25.5 Å². The topological polar surface area (TPSA) is 151 Å². The van der Waals surface area contributed by atoms with Crippen LogP contribution in [0.5, 0.6) is 0 Å². The molecule has 2 N–H and O–H groups in total. The minimum atomic E-state index is -3.91. The van der Waals surface area contributed by atoms with Gasteiger partial charge in [-0.05, 0) is 181 Å². The molecule has 2 amide bonds. The van der Waals surface area contributed by atoms with Crippen molar-refractivity contribution < 1.29 is 35.9 Å². The Bertz CT molecular complexity index is 2270. The third-order valence-electron chi connectivity index (χ3n) is 15.3. The number of allylic oxidation sites excluding steroid dienone is 2. The molecule has 348 valence electrons. The van der Waals surface area contributed by atoms with E-state index in [0.717, 1.165) is 62.5 Å². The first kappa shape index (κ1) is 47.8. The van der Waals surface area contributed by atoms with Crippen molar-refractivity contribution >= 4 is 31.9 Å². The number of ether oxygens (including phenoxy) is 2. The molecule has 3 saturated carbocycles. The lowest BCUT2D eigenvalue weighted by Gasteiger charge is -2.35. The van der Waals surface area contributed by atoms with E-state index in [9.17, 15) is 26.4 Å². The molecular weight excluding hydrogens is 837 g/mol. The first-order valence-electron chi connectivity index (χ1n) is 23.6. The summed E-state index contributed by atoms with van der Waals surface area (Å²) in [6.07, 6.45) is 13.8. The lowest BCUT2D eigenvalue weighted by molar-refractivity contribution is -0.0179. The molecule has 3 aliphatic carbocycles. The smallest absolute Gasteiger partial charge is 0.251 e. The largest absolute Gasteiger partial charge is 0.379 e. The van der Waals surface area contributed by atoms with Crippen molar-refractivity contribution in [3.63, 3.8) is 0 Å². The van der Waals surface area contributed by atoms with Gasteiger partial charge in [-0.3, -0.25) is 9.59 Å². The van der Waals surface area contributed by atoms with Crippen molar-refractivity contribution in [2.24, 2.45) is 29.1 Å². The number of hydrogen-bond acceptors (Lipinski definition) is 8. The van der Waals surface area contributed by atoms with Crippen LogP contribution in [0.2, 0.25) is 0 Å². The van der Waals surface area contributed by atoms with E-state index in [1.165, 1.54) is 29.6 Å². The van der Waals surface area contributed by atoms with Crippen molar-refractivity contribution in [2.75, 3.05) is 52.5 Å². The number of carbonyl (C=O) groups excluding carboxylic acids is 2. The molecule has 2 aromatic rings. The fraction of sp³-hybridized carbons (Fsp3) is 0.673. The highest BCUT2D eigenvalue weighted by molar-refractivity contribution is 7.89. The van der Waals surface area contributed by atoms with Gasteiger partial charge >= 0.3 is 0 Å². The van der Waals surface area contributed by atoms with Gasteiger partial charge in [-0.2, -0.15) is 8.61 Å². The van der Waals surface area contributed by atoms with E-state index >= 15 is 0 Å². The maximum atomic E-state index is 14.4. The molecule has 63 heavy (non-hydrogen) atoms. The van der Waals surface area contributed by atoms with Crippen molar-refractivity contribution in [1.29, 1.82) is 0 Å². The maximum absolute atomic E-state index is 14.4. The second-order valence-corrected chi connectivity index (χ2v) is 23.5. The summed E-state index contributed by atoms with van der Waals surface area (Å²) >= 11 is 0. The molecule has 7 rings (SSSR count). The third kappa shape index (κ3) is 10.6. The first-order valence-corrected chi connectivity index (χ1v) is 26.5. The number of carbonyl (C=O) groups is 2. The minimum absolute atomic E-state index is 0.0216. The second-order valence-electron chi connectivity index (χ2n) is 19.7. The summed E-state index contributed by atoms with van der Waals surface area (Å²) in [7, 11) is -7.68. The quantitative estimate of drug-likeness (QED) is 0.163. The summed E-state index contributed by atoms with van der Waals surface area (Å²) in [5.74, 6) is 1.33. The van der Waals surface area contributed by atoms with Crippen molar-refractivity contribution in [3.8, 4) is 0 Å². The molecule has 14 heteroatoms. The van der Waals surface area contributed by atoms with E-state index in [-0.39, 0.29) is 52.3 Å². The fourth-order valence-corrected chi connectivity index (χ4v) is 14.7. The number of aryl methyl sites for hydroxylation is 2. The number of rotatable bonds is 16. The Morgan fingerprint density at radius 3 is 2.16 bits per heavy atom. The predicted molar refractivity (Wildman–Crippen MR) is 246 cm³/mol. The molecule has 5 unspecified atom stereocenters. The van der Waals surface area contributed by atoms with E-state index in [1.54, 1.807) is 35.0 Å². The number of benzene rings is 2. The van der Waals surface area contributed by atoms with Crippen LogP contribution < -0.4 is 10.6 Å². The number of nitrogens with one attached hydrogen (secondary N) is 2. The highest BCUT2D eigenvalue weighted by Gasteiger charge is 2.62. The molecule has 0 spiro atoms. The SMILES string of the molecule is CC/C=C1/CCCC(CC[C@H](C)NC(=O)c2cc(C)c(C)c(S(=O)(=O)N3CCOC(CC(C)[C@H]4CCC5(CNC(=O)c6cc(C)c(C)c(S(=O)(=O)N7CCOCC7)c6)CC45)C3)c2)C1. The van der Waals surface area contributed by atoms with Crippen LogP contribution in [0.3, 0.4) is 0 Å². The molecule has 12 nitrogen and oxygen atoms in total. The van der Waals surface area contributed by atoms with Crippen LogP contribution in [0.15, 0.2) is 45.7 Å². The zero-order chi connectivity index (χ0) is 45.3. The Balaban J connectivity index is 0.925. The van der Waals surface area contributed by atoms with Crippen LogP contribution in [0.4, 0.5) is 0 Å². The first-order chi connectivity index (χ1) is 29.9. The summed E-state index contributed by atoms with van der Waals surface area (Å²) in [6.45, 7) is 16.4. The molecule has 5 aliphatic rings. The minimum Gasteiger partial charge on any atom is -0.379 e. The van der Waals surface area contributed by atoms with Crippen LogP contribution in [0, 0.1) is 56.8 Å². The zero-order valence-corrected chi connectivity index (χ0v) is 40.4. The second kappa shape index (κ2) is 19.8. The van der Waals surface area contributed by atoms with Crippen LogP contribution in [-0.2, 0) is 29.5 Å². The van der Waals surface area contributed by atoms with Gasteiger partial charge in [-0.15, -0.1) is 0 Å². The standard InChI is InChI=1S/C49H72N4O8S2/c1-8-10-38-11-9-12-39(26-38)14-13-35(5)51-48(55)41-24-33(3)37(7)46(28-41)63(58,59)53-19-22-61-42(30-53)25-34(4)43-15-16-49(29-44(43)49)31-50-47(54)40-23-32(2)36(6)45(27-40)62(56,57)52-17-20-60-21-18-52/h10,23-24,27-28,34-35,39,42-44H,8-9,11-22,25-26,29-31H2,1-7H3,(H,50,54)(H,51,55)/b38-10-/t34?,35-,39?,42?,43+,44?,49?/m0/s1. The molecular formula is C49H72N4O8S2. The Morgan fingerprint density at radius 2 is 1.51 bits per heavy atom. The number of morpholine rings is 2. The number of fused-ring (bicyclic) bond motifs is 1. The molecule has 0 radical (unpaired) electrons. The predicted octanol–water partition coefficient (Wildman–Crippen LogP) is 7.63. The fourth-order valence-electron chi connectivity index (χ4n) is 11.2. The van der Waals surface area contributed by atoms with Crippen LogP contribution in [0.1, 0.15) is 134 Å². The molecule has 7 atom stereocenters.